The maximum atomic E-state index is 12.0. The van der Waals surface area contributed by atoms with Gasteiger partial charge in [0.15, 0.2) is 0 Å². The molecule has 10 heteroatoms. The monoisotopic (exact) mass is 394 g/mol. The van der Waals surface area contributed by atoms with E-state index in [9.17, 15) is 19.5 Å². The number of nitrogens with zero attached hydrogens (tertiary/aromatic N) is 1. The number of aliphatic hydroxyl groups is 1. The van der Waals surface area contributed by atoms with Gasteiger partial charge in [0.25, 0.3) is 5.56 Å². The molecule has 3 rings (SSSR count). The molecule has 2 amide bonds. The van der Waals surface area contributed by atoms with Gasteiger partial charge in [-0.1, -0.05) is 11.6 Å². The molecule has 1 aromatic carbocycles. The molecule has 4 N–H and O–H groups in total. The molecule has 2 aromatic rings. The van der Waals surface area contributed by atoms with E-state index < -0.39 is 35.7 Å². The Kier molecular flexibility index (Phi) is 5.64. The van der Waals surface area contributed by atoms with Crippen LogP contribution in [0.5, 0.6) is 0 Å². The van der Waals surface area contributed by atoms with Crippen LogP contribution in [0, 0.1) is 6.92 Å². The lowest BCUT2D eigenvalue weighted by Gasteiger charge is -2.17. The van der Waals surface area contributed by atoms with Crippen molar-refractivity contribution in [3.05, 3.63) is 61.9 Å². The molecule has 1 fully saturated rings. The van der Waals surface area contributed by atoms with Gasteiger partial charge in [-0.05, 0) is 31.2 Å². The van der Waals surface area contributed by atoms with E-state index in [1.165, 1.54) is 10.8 Å². The highest BCUT2D eigenvalue weighted by Gasteiger charge is 2.35. The summed E-state index contributed by atoms with van der Waals surface area (Å²) in [4.78, 5) is 37.6. The van der Waals surface area contributed by atoms with E-state index in [1.54, 1.807) is 31.2 Å². The number of ether oxygens (including phenoxy) is 1. The third-order valence-electron chi connectivity index (χ3n) is 4.23. The van der Waals surface area contributed by atoms with Crippen molar-refractivity contribution in [1.29, 1.82) is 0 Å². The van der Waals surface area contributed by atoms with Crippen LogP contribution in [0.4, 0.5) is 10.5 Å². The topological polar surface area (TPSA) is 125 Å². The van der Waals surface area contributed by atoms with E-state index in [0.29, 0.717) is 16.3 Å². The highest BCUT2D eigenvalue weighted by molar-refractivity contribution is 6.30. The van der Waals surface area contributed by atoms with Gasteiger partial charge in [-0.3, -0.25) is 14.3 Å². The molecule has 144 valence electrons. The number of nitrogens with one attached hydrogen (secondary N) is 3. The van der Waals surface area contributed by atoms with Gasteiger partial charge >= 0.3 is 11.7 Å². The minimum atomic E-state index is -0.870. The van der Waals surface area contributed by atoms with E-state index in [-0.39, 0.29) is 13.0 Å². The number of amides is 2. The number of anilines is 1. The van der Waals surface area contributed by atoms with Gasteiger partial charge in [0.05, 0.1) is 6.10 Å². The fourth-order valence-corrected chi connectivity index (χ4v) is 2.90. The number of aromatic nitrogens is 2. The van der Waals surface area contributed by atoms with Gasteiger partial charge in [0.1, 0.15) is 12.3 Å². The number of aryl methyl sites for hydroxylation is 1. The molecule has 27 heavy (non-hydrogen) atoms. The first-order valence-corrected chi connectivity index (χ1v) is 8.67. The molecule has 1 saturated heterocycles. The Labute approximate surface area is 158 Å². The van der Waals surface area contributed by atoms with Crippen molar-refractivity contribution in [3.63, 3.8) is 0 Å². The second kappa shape index (κ2) is 7.95. The zero-order chi connectivity index (χ0) is 19.6. The van der Waals surface area contributed by atoms with Crippen LogP contribution in [0.3, 0.4) is 0 Å². The molecule has 0 saturated carbocycles. The Hall–Kier alpha value is -2.62. The van der Waals surface area contributed by atoms with Gasteiger partial charge in [-0.25, -0.2) is 9.59 Å². The molecule has 0 aliphatic carbocycles. The van der Waals surface area contributed by atoms with E-state index >= 15 is 0 Å². The first-order valence-electron chi connectivity index (χ1n) is 8.29. The smallest absolute Gasteiger partial charge is 0.330 e. The second-order valence-corrected chi connectivity index (χ2v) is 6.69. The summed E-state index contributed by atoms with van der Waals surface area (Å²) in [5.74, 6) is 0. The van der Waals surface area contributed by atoms with Crippen LogP contribution in [-0.4, -0.2) is 39.4 Å². The van der Waals surface area contributed by atoms with Crippen LogP contribution in [0.25, 0.3) is 0 Å². The number of urea groups is 1. The lowest BCUT2D eigenvalue weighted by molar-refractivity contribution is -0.0178. The van der Waals surface area contributed by atoms with E-state index in [0.717, 1.165) is 0 Å². The molecular weight excluding hydrogens is 376 g/mol. The summed E-state index contributed by atoms with van der Waals surface area (Å²) in [6.07, 6.45) is -0.734. The summed E-state index contributed by atoms with van der Waals surface area (Å²) in [5, 5.41) is 16.0. The number of H-pyrrole nitrogens is 1. The highest BCUT2D eigenvalue weighted by atomic mass is 35.5. The maximum Gasteiger partial charge on any atom is 0.330 e. The van der Waals surface area contributed by atoms with Crippen molar-refractivity contribution >= 4 is 23.3 Å². The minimum Gasteiger partial charge on any atom is -0.390 e. The number of benzene rings is 1. The molecule has 3 atom stereocenters. The quantitative estimate of drug-likeness (QED) is 0.614. The highest BCUT2D eigenvalue weighted by Crippen LogP contribution is 2.27. The number of hydrogen-bond acceptors (Lipinski definition) is 5. The number of carbonyl (C=O) groups excluding carboxylic acids is 1. The van der Waals surface area contributed by atoms with Gasteiger partial charge < -0.3 is 20.5 Å². The SMILES string of the molecule is Cc1cn([C@H]2C[C@H](O)[C@@H](CNC(=O)Nc3ccc(Cl)cc3)O2)c(=O)[nH]c1=O. The third-order valence-corrected chi connectivity index (χ3v) is 4.48. The molecule has 1 aliphatic rings. The Balaban J connectivity index is 1.58. The molecule has 2 heterocycles. The van der Waals surface area contributed by atoms with Crippen molar-refractivity contribution in [1.82, 2.24) is 14.9 Å². The van der Waals surface area contributed by atoms with Crippen molar-refractivity contribution in [3.8, 4) is 0 Å². The van der Waals surface area contributed by atoms with Crippen LogP contribution >= 0.6 is 11.6 Å². The van der Waals surface area contributed by atoms with Crippen molar-refractivity contribution in [2.24, 2.45) is 0 Å². The van der Waals surface area contributed by atoms with Crippen molar-refractivity contribution < 1.29 is 14.6 Å². The summed E-state index contributed by atoms with van der Waals surface area (Å²) in [5.41, 5.74) is -0.154. The van der Waals surface area contributed by atoms with Crippen LogP contribution in [0.2, 0.25) is 5.02 Å². The molecule has 0 radical (unpaired) electrons. The molecule has 0 unspecified atom stereocenters. The predicted molar refractivity (Wildman–Crippen MR) is 99.1 cm³/mol. The molecule has 0 bridgehead atoms. The molecule has 0 spiro atoms. The molecular formula is C17H19ClN4O5. The summed E-state index contributed by atoms with van der Waals surface area (Å²) in [6, 6.07) is 6.15. The van der Waals surface area contributed by atoms with Gasteiger partial charge in [0.2, 0.25) is 0 Å². The lowest BCUT2D eigenvalue weighted by Crippen LogP contribution is -2.39. The average Bonchev–Trinajstić information content (AvgIpc) is 2.99. The van der Waals surface area contributed by atoms with Crippen LogP contribution in [-0.2, 0) is 4.74 Å². The maximum absolute atomic E-state index is 12.0. The van der Waals surface area contributed by atoms with Gasteiger partial charge in [0, 0.05) is 35.4 Å². The number of carbonyl (C=O) groups is 1. The van der Waals surface area contributed by atoms with Crippen LogP contribution in [0.1, 0.15) is 18.2 Å². The van der Waals surface area contributed by atoms with Crippen LogP contribution < -0.4 is 21.9 Å². The number of hydrogen-bond donors (Lipinski definition) is 4. The largest absolute Gasteiger partial charge is 0.390 e. The van der Waals surface area contributed by atoms with E-state index in [1.807, 2.05) is 0 Å². The molecule has 9 nitrogen and oxygen atoms in total. The van der Waals surface area contributed by atoms with Gasteiger partial charge in [-0.2, -0.15) is 0 Å². The number of rotatable bonds is 4. The first kappa shape index (κ1) is 19.2. The standard InChI is InChI=1S/C17H19ClN4O5/c1-9-8-22(17(26)21-15(9)24)14-6-12(23)13(27-14)7-19-16(25)20-11-4-2-10(18)3-5-11/h2-5,8,12-14,23H,6-7H2,1H3,(H2,19,20,25)(H,21,24,26)/t12-,13+,14+/m0/s1. The van der Waals surface area contributed by atoms with Crippen LogP contribution in [0.15, 0.2) is 40.1 Å². The Morgan fingerprint density at radius 3 is 2.78 bits per heavy atom. The second-order valence-electron chi connectivity index (χ2n) is 6.25. The Morgan fingerprint density at radius 2 is 2.07 bits per heavy atom. The number of aliphatic hydroxyl groups excluding tert-OH is 1. The fourth-order valence-electron chi connectivity index (χ4n) is 2.77. The average molecular weight is 395 g/mol. The minimum absolute atomic E-state index is 0.0498. The zero-order valence-electron chi connectivity index (χ0n) is 14.4. The van der Waals surface area contributed by atoms with E-state index in [4.69, 9.17) is 16.3 Å². The predicted octanol–water partition coefficient (Wildman–Crippen LogP) is 0.969. The van der Waals surface area contributed by atoms with Crippen molar-refractivity contribution in [2.75, 3.05) is 11.9 Å². The summed E-state index contributed by atoms with van der Waals surface area (Å²) in [7, 11) is 0. The molecule has 1 aliphatic heterocycles. The normalized spacial score (nSPS) is 21.8. The zero-order valence-corrected chi connectivity index (χ0v) is 15.2. The lowest BCUT2D eigenvalue weighted by atomic mass is 10.2. The number of aromatic amines is 1. The Bertz CT molecular complexity index is 940. The number of halogens is 1. The molecule has 1 aromatic heterocycles. The first-order chi connectivity index (χ1) is 12.8. The summed E-state index contributed by atoms with van der Waals surface area (Å²) < 4.78 is 6.91. The van der Waals surface area contributed by atoms with Crippen molar-refractivity contribution in [2.45, 2.75) is 31.8 Å². The summed E-state index contributed by atoms with van der Waals surface area (Å²) in [6.45, 7) is 1.62. The fraction of sp³-hybridized carbons (Fsp3) is 0.353. The third kappa shape index (κ3) is 4.57. The summed E-state index contributed by atoms with van der Waals surface area (Å²) >= 11 is 5.79. The van der Waals surface area contributed by atoms with Gasteiger partial charge in [-0.15, -0.1) is 0 Å². The van der Waals surface area contributed by atoms with E-state index in [2.05, 4.69) is 15.6 Å². The Morgan fingerprint density at radius 1 is 1.37 bits per heavy atom.